The predicted octanol–water partition coefficient (Wildman–Crippen LogP) is 2.04. The number of rotatable bonds is 2. The van der Waals surface area contributed by atoms with E-state index in [2.05, 4.69) is 13.2 Å². The lowest BCUT2D eigenvalue weighted by atomic mass is 10.0. The third-order valence-electron chi connectivity index (χ3n) is 2.19. The van der Waals surface area contributed by atoms with Crippen LogP contribution in [0.25, 0.3) is 0 Å². The Kier molecular flexibility index (Phi) is 2.90. The van der Waals surface area contributed by atoms with Gasteiger partial charge in [-0.3, -0.25) is 0 Å². The van der Waals surface area contributed by atoms with E-state index in [1.807, 2.05) is 0 Å². The van der Waals surface area contributed by atoms with Gasteiger partial charge in [0.05, 0.1) is 0 Å². The van der Waals surface area contributed by atoms with Gasteiger partial charge in [-0.2, -0.15) is 0 Å². The van der Waals surface area contributed by atoms with E-state index in [9.17, 15) is 4.79 Å². The number of allylic oxidation sites excluding steroid dienone is 1. The number of hydrogen-bond acceptors (Lipinski definition) is 1. The minimum atomic E-state index is -0.873. The fourth-order valence-electron chi connectivity index (χ4n) is 1.39. The summed E-state index contributed by atoms with van der Waals surface area (Å²) in [6.07, 6.45) is 3.34. The molecule has 1 heterocycles. The van der Waals surface area contributed by atoms with Gasteiger partial charge in [0.15, 0.2) is 0 Å². The third-order valence-corrected chi connectivity index (χ3v) is 2.19. The lowest BCUT2D eigenvalue weighted by Crippen LogP contribution is -2.35. The van der Waals surface area contributed by atoms with Gasteiger partial charge >= 0.3 is 6.09 Å². The van der Waals surface area contributed by atoms with Gasteiger partial charge in [-0.1, -0.05) is 25.3 Å². The van der Waals surface area contributed by atoms with E-state index in [4.69, 9.17) is 5.11 Å². The van der Waals surface area contributed by atoms with Gasteiger partial charge in [0.2, 0.25) is 0 Å². The van der Waals surface area contributed by atoms with Crippen LogP contribution < -0.4 is 0 Å². The fraction of sp³-hybridized carbons (Fsp3) is 0.300. The van der Waals surface area contributed by atoms with Crippen molar-refractivity contribution in [1.29, 1.82) is 0 Å². The summed E-state index contributed by atoms with van der Waals surface area (Å²) in [4.78, 5) is 12.0. The number of hydrogen-bond donors (Lipinski definition) is 1. The number of carbonyl (C=O) groups is 1. The molecule has 3 nitrogen and oxygen atoms in total. The molecule has 1 rings (SSSR count). The zero-order valence-corrected chi connectivity index (χ0v) is 7.49. The van der Waals surface area contributed by atoms with Crippen molar-refractivity contribution >= 4 is 6.09 Å². The first-order chi connectivity index (χ1) is 6.19. The van der Waals surface area contributed by atoms with Crippen LogP contribution in [0.15, 0.2) is 36.5 Å². The summed E-state index contributed by atoms with van der Waals surface area (Å²) in [7, 11) is 0. The molecule has 0 aliphatic carbocycles. The molecule has 3 heteroatoms. The van der Waals surface area contributed by atoms with Crippen molar-refractivity contribution in [2.75, 3.05) is 13.1 Å². The van der Waals surface area contributed by atoms with Crippen LogP contribution in [-0.2, 0) is 0 Å². The number of nitrogens with zero attached hydrogens (tertiary/aromatic N) is 1. The first-order valence-corrected chi connectivity index (χ1v) is 4.13. The fourth-order valence-corrected chi connectivity index (χ4v) is 1.39. The molecule has 0 saturated carbocycles. The molecule has 1 aliphatic heterocycles. The molecular weight excluding hydrogens is 166 g/mol. The topological polar surface area (TPSA) is 40.5 Å². The highest BCUT2D eigenvalue weighted by molar-refractivity contribution is 5.66. The maximum absolute atomic E-state index is 10.7. The summed E-state index contributed by atoms with van der Waals surface area (Å²) in [5.41, 5.74) is 2.07. The molecule has 0 aromatic carbocycles. The highest BCUT2D eigenvalue weighted by Gasteiger charge is 2.18. The van der Waals surface area contributed by atoms with E-state index in [-0.39, 0.29) is 0 Å². The van der Waals surface area contributed by atoms with Crippen LogP contribution in [-0.4, -0.2) is 29.2 Å². The quantitative estimate of drug-likeness (QED) is 0.704. The van der Waals surface area contributed by atoms with Gasteiger partial charge in [-0.05, 0) is 17.6 Å². The van der Waals surface area contributed by atoms with Gasteiger partial charge in [0.25, 0.3) is 0 Å². The van der Waals surface area contributed by atoms with Crippen LogP contribution in [0.4, 0.5) is 4.79 Å². The molecule has 0 atom stereocenters. The van der Waals surface area contributed by atoms with Crippen molar-refractivity contribution in [3.8, 4) is 0 Å². The zero-order valence-electron chi connectivity index (χ0n) is 7.49. The van der Waals surface area contributed by atoms with Crippen LogP contribution in [0.5, 0.6) is 0 Å². The second kappa shape index (κ2) is 3.94. The molecule has 0 spiro atoms. The summed E-state index contributed by atoms with van der Waals surface area (Å²) >= 11 is 0. The number of carboxylic acid groups (broad SMARTS) is 1. The molecule has 0 aromatic rings. The second-order valence-corrected chi connectivity index (χ2v) is 2.91. The van der Waals surface area contributed by atoms with E-state index in [1.165, 1.54) is 4.90 Å². The monoisotopic (exact) mass is 179 g/mol. The Hall–Kier alpha value is -1.51. The molecule has 1 aliphatic rings. The first kappa shape index (κ1) is 9.58. The molecule has 13 heavy (non-hydrogen) atoms. The summed E-state index contributed by atoms with van der Waals surface area (Å²) < 4.78 is 0. The lowest BCUT2D eigenvalue weighted by molar-refractivity contribution is 0.148. The van der Waals surface area contributed by atoms with Crippen molar-refractivity contribution < 1.29 is 9.90 Å². The molecule has 0 fully saturated rings. The minimum absolute atomic E-state index is 0.431. The normalized spacial score (nSPS) is 17.1. The van der Waals surface area contributed by atoms with Crippen LogP contribution in [0.2, 0.25) is 0 Å². The molecule has 70 valence electrons. The average Bonchev–Trinajstić information content (AvgIpc) is 2.16. The first-order valence-electron chi connectivity index (χ1n) is 4.13. The van der Waals surface area contributed by atoms with Crippen molar-refractivity contribution in [1.82, 2.24) is 4.90 Å². The van der Waals surface area contributed by atoms with Gasteiger partial charge in [0, 0.05) is 13.1 Å². The Bertz CT molecular complexity index is 279. The highest BCUT2D eigenvalue weighted by atomic mass is 16.4. The van der Waals surface area contributed by atoms with E-state index in [1.54, 1.807) is 12.2 Å². The second-order valence-electron chi connectivity index (χ2n) is 2.91. The standard InChI is InChI=1S/C10H13NO2/c1-3-8-5-6-11(10(12)13)7-9(8)4-2/h3-4H,1-2,5-7H2,(H,12,13). The van der Waals surface area contributed by atoms with E-state index in [0.29, 0.717) is 13.1 Å². The Balaban J connectivity index is 2.83. The molecule has 0 aromatic heterocycles. The smallest absolute Gasteiger partial charge is 0.407 e. The number of amides is 1. The van der Waals surface area contributed by atoms with Crippen LogP contribution >= 0.6 is 0 Å². The van der Waals surface area contributed by atoms with Crippen LogP contribution in [0.3, 0.4) is 0 Å². The van der Waals surface area contributed by atoms with Crippen molar-refractivity contribution in [2.24, 2.45) is 0 Å². The Labute approximate surface area is 77.7 Å². The molecule has 1 N–H and O–H groups in total. The lowest BCUT2D eigenvalue weighted by Gasteiger charge is -2.26. The maximum atomic E-state index is 10.7. The molecule has 0 radical (unpaired) electrons. The Morgan fingerprint density at radius 1 is 1.38 bits per heavy atom. The molecular formula is C10H13NO2. The van der Waals surface area contributed by atoms with Crippen LogP contribution in [0.1, 0.15) is 6.42 Å². The molecule has 0 bridgehead atoms. The summed E-state index contributed by atoms with van der Waals surface area (Å²) in [6.45, 7) is 8.31. The maximum Gasteiger partial charge on any atom is 0.407 e. The molecule has 0 saturated heterocycles. The predicted molar refractivity (Wildman–Crippen MR) is 51.6 cm³/mol. The van der Waals surface area contributed by atoms with Gasteiger partial charge in [0.1, 0.15) is 0 Å². The van der Waals surface area contributed by atoms with Crippen LogP contribution in [0, 0.1) is 0 Å². The van der Waals surface area contributed by atoms with E-state index >= 15 is 0 Å². The van der Waals surface area contributed by atoms with E-state index in [0.717, 1.165) is 17.6 Å². The highest BCUT2D eigenvalue weighted by Crippen LogP contribution is 2.19. The van der Waals surface area contributed by atoms with E-state index < -0.39 is 6.09 Å². The average molecular weight is 179 g/mol. The van der Waals surface area contributed by atoms with Crippen molar-refractivity contribution in [3.05, 3.63) is 36.5 Å². The van der Waals surface area contributed by atoms with Gasteiger partial charge < -0.3 is 10.0 Å². The van der Waals surface area contributed by atoms with Gasteiger partial charge in [-0.25, -0.2) is 4.79 Å². The third kappa shape index (κ3) is 1.99. The van der Waals surface area contributed by atoms with Crippen molar-refractivity contribution in [3.63, 3.8) is 0 Å². The summed E-state index contributed by atoms with van der Waals surface area (Å²) in [5.74, 6) is 0. The summed E-state index contributed by atoms with van der Waals surface area (Å²) in [6, 6.07) is 0. The Morgan fingerprint density at radius 3 is 2.46 bits per heavy atom. The zero-order chi connectivity index (χ0) is 9.84. The van der Waals surface area contributed by atoms with Gasteiger partial charge in [-0.15, -0.1) is 0 Å². The minimum Gasteiger partial charge on any atom is -0.465 e. The Morgan fingerprint density at radius 2 is 2.00 bits per heavy atom. The summed E-state index contributed by atoms with van der Waals surface area (Å²) in [5, 5.41) is 8.75. The largest absolute Gasteiger partial charge is 0.465 e. The molecule has 0 unspecified atom stereocenters. The molecule has 1 amide bonds. The van der Waals surface area contributed by atoms with Crippen molar-refractivity contribution in [2.45, 2.75) is 6.42 Å². The SMILES string of the molecule is C=CC1=C(C=C)CN(C(=O)O)CC1.